The van der Waals surface area contributed by atoms with Gasteiger partial charge in [0.2, 0.25) is 0 Å². The normalized spacial score (nSPS) is 11.8. The maximum absolute atomic E-state index is 12.3. The largest absolute Gasteiger partial charge is 0.496 e. The number of hydrogen-bond donors (Lipinski definition) is 2. The average Bonchev–Trinajstić information content (AvgIpc) is 2.97. The highest BCUT2D eigenvalue weighted by molar-refractivity contribution is 7.13. The van der Waals surface area contributed by atoms with Gasteiger partial charge in [0, 0.05) is 0 Å². The minimum Gasteiger partial charge on any atom is -0.496 e. The van der Waals surface area contributed by atoms with Crippen molar-refractivity contribution in [3.63, 3.8) is 0 Å². The molecule has 0 radical (unpaired) electrons. The number of carbonyl (C=O) groups is 2. The van der Waals surface area contributed by atoms with Crippen LogP contribution in [0.1, 0.15) is 43.6 Å². The molecule has 116 valence electrons. The van der Waals surface area contributed by atoms with Gasteiger partial charge in [-0.15, -0.1) is 11.3 Å². The van der Waals surface area contributed by atoms with E-state index in [1.807, 2.05) is 13.0 Å². The summed E-state index contributed by atoms with van der Waals surface area (Å²) in [6.07, 6.45) is 1.29. The number of aromatic nitrogens is 1. The van der Waals surface area contributed by atoms with Crippen LogP contribution in [0.2, 0.25) is 0 Å². The molecule has 2 aromatic rings. The highest BCUT2D eigenvalue weighted by Crippen LogP contribution is 2.23. The quantitative estimate of drug-likeness (QED) is 0.884. The second kappa shape index (κ2) is 6.57. The Morgan fingerprint density at radius 3 is 2.73 bits per heavy atom. The molecule has 0 saturated heterocycles. The number of hydrogen-bond acceptors (Lipinski definition) is 5. The molecule has 1 aromatic heterocycles. The number of thiazole rings is 1. The van der Waals surface area contributed by atoms with E-state index in [4.69, 9.17) is 9.84 Å². The molecule has 7 heteroatoms. The number of carbonyl (C=O) groups excluding carboxylic acids is 1. The van der Waals surface area contributed by atoms with Crippen LogP contribution in [0.25, 0.3) is 0 Å². The lowest BCUT2D eigenvalue weighted by Crippen LogP contribution is -2.27. The van der Waals surface area contributed by atoms with Gasteiger partial charge in [0.1, 0.15) is 15.6 Å². The van der Waals surface area contributed by atoms with Gasteiger partial charge in [0.15, 0.2) is 0 Å². The van der Waals surface area contributed by atoms with Crippen LogP contribution < -0.4 is 10.1 Å². The fourth-order valence-corrected chi connectivity index (χ4v) is 2.67. The van der Waals surface area contributed by atoms with E-state index in [9.17, 15) is 9.59 Å². The summed E-state index contributed by atoms with van der Waals surface area (Å²) < 4.78 is 5.22. The molecular weight excluding hydrogens is 304 g/mol. The predicted molar refractivity (Wildman–Crippen MR) is 82.7 cm³/mol. The number of nitrogens with one attached hydrogen (secondary N) is 1. The predicted octanol–water partition coefficient (Wildman–Crippen LogP) is 2.65. The monoisotopic (exact) mass is 320 g/mol. The van der Waals surface area contributed by atoms with E-state index in [0.717, 1.165) is 16.9 Å². The van der Waals surface area contributed by atoms with E-state index in [0.29, 0.717) is 16.3 Å². The van der Waals surface area contributed by atoms with Crippen LogP contribution in [0, 0.1) is 6.92 Å². The molecule has 2 rings (SSSR count). The summed E-state index contributed by atoms with van der Waals surface area (Å²) in [5.41, 5.74) is 1.42. The molecule has 0 bridgehead atoms. The number of rotatable bonds is 5. The second-order valence-corrected chi connectivity index (χ2v) is 5.83. The van der Waals surface area contributed by atoms with Gasteiger partial charge >= 0.3 is 5.97 Å². The molecular formula is C15H16N2O4S. The Bertz CT molecular complexity index is 711. The first kappa shape index (κ1) is 16.0. The second-order valence-electron chi connectivity index (χ2n) is 4.77. The van der Waals surface area contributed by atoms with Crippen molar-refractivity contribution in [2.75, 3.05) is 7.11 Å². The molecule has 2 N–H and O–H groups in total. The molecule has 1 heterocycles. The minimum atomic E-state index is -1.03. The number of amides is 1. The molecule has 6 nitrogen and oxygen atoms in total. The lowest BCUT2D eigenvalue weighted by Gasteiger charge is -2.13. The zero-order chi connectivity index (χ0) is 16.3. The zero-order valence-corrected chi connectivity index (χ0v) is 13.2. The Morgan fingerprint density at radius 1 is 1.41 bits per heavy atom. The number of aromatic carboxylic acids is 1. The summed E-state index contributed by atoms with van der Waals surface area (Å²) in [7, 11) is 1.51. The summed E-state index contributed by atoms with van der Waals surface area (Å²) in [4.78, 5) is 27.4. The molecule has 1 amide bonds. The number of carboxylic acids is 1. The van der Waals surface area contributed by atoms with Crippen molar-refractivity contribution in [1.82, 2.24) is 10.3 Å². The summed E-state index contributed by atoms with van der Waals surface area (Å²) in [6.45, 7) is 3.67. The Morgan fingerprint density at radius 2 is 2.14 bits per heavy atom. The number of methoxy groups -OCH3 is 1. The summed E-state index contributed by atoms with van der Waals surface area (Å²) in [5.74, 6) is -0.825. The van der Waals surface area contributed by atoms with Crippen LogP contribution in [-0.4, -0.2) is 29.1 Å². The van der Waals surface area contributed by atoms with Crippen molar-refractivity contribution in [3.8, 4) is 5.75 Å². The Hall–Kier alpha value is -2.41. The highest BCUT2D eigenvalue weighted by Gasteiger charge is 2.19. The topological polar surface area (TPSA) is 88.5 Å². The van der Waals surface area contributed by atoms with E-state index in [-0.39, 0.29) is 10.8 Å². The molecule has 0 spiro atoms. The summed E-state index contributed by atoms with van der Waals surface area (Å²) in [5, 5.41) is 12.2. The molecule has 1 aromatic carbocycles. The molecule has 0 aliphatic carbocycles. The van der Waals surface area contributed by atoms with Crippen molar-refractivity contribution in [3.05, 3.63) is 45.4 Å². The van der Waals surface area contributed by atoms with E-state index >= 15 is 0 Å². The SMILES string of the molecule is COc1cc(C)ccc1C(=O)NC(C)c1ncc(C(=O)O)s1. The molecule has 0 aliphatic rings. The van der Waals surface area contributed by atoms with E-state index in [1.54, 1.807) is 19.1 Å². The van der Waals surface area contributed by atoms with Gasteiger partial charge < -0.3 is 15.2 Å². The van der Waals surface area contributed by atoms with Crippen molar-refractivity contribution < 1.29 is 19.4 Å². The first-order chi connectivity index (χ1) is 10.4. The van der Waals surface area contributed by atoms with Crippen molar-refractivity contribution in [2.45, 2.75) is 19.9 Å². The fraction of sp³-hybridized carbons (Fsp3) is 0.267. The van der Waals surface area contributed by atoms with E-state index in [1.165, 1.54) is 13.3 Å². The average molecular weight is 320 g/mol. The third-order valence-corrected chi connectivity index (χ3v) is 4.22. The van der Waals surface area contributed by atoms with Crippen molar-refractivity contribution >= 4 is 23.2 Å². The molecule has 0 saturated carbocycles. The van der Waals surface area contributed by atoms with Crippen molar-refractivity contribution in [1.29, 1.82) is 0 Å². The summed E-state index contributed by atoms with van der Waals surface area (Å²) in [6, 6.07) is 4.91. The lowest BCUT2D eigenvalue weighted by atomic mass is 10.1. The van der Waals surface area contributed by atoms with Crippen LogP contribution in [-0.2, 0) is 0 Å². The zero-order valence-electron chi connectivity index (χ0n) is 12.4. The van der Waals surface area contributed by atoms with Crippen LogP contribution in [0.3, 0.4) is 0 Å². The van der Waals surface area contributed by atoms with Gasteiger partial charge in [0.25, 0.3) is 5.91 Å². The first-order valence-electron chi connectivity index (χ1n) is 6.57. The van der Waals surface area contributed by atoms with E-state index < -0.39 is 12.0 Å². The minimum absolute atomic E-state index is 0.143. The van der Waals surface area contributed by atoms with Crippen molar-refractivity contribution in [2.24, 2.45) is 0 Å². The Labute approximate surface area is 131 Å². The fourth-order valence-electron chi connectivity index (χ4n) is 1.91. The van der Waals surface area contributed by atoms with Gasteiger partial charge in [-0.1, -0.05) is 6.07 Å². The maximum atomic E-state index is 12.3. The number of benzene rings is 1. The van der Waals surface area contributed by atoms with Crippen LogP contribution in [0.5, 0.6) is 5.75 Å². The first-order valence-corrected chi connectivity index (χ1v) is 7.38. The third kappa shape index (κ3) is 3.43. The van der Waals surface area contributed by atoms with Crippen LogP contribution in [0.4, 0.5) is 0 Å². The Kier molecular flexibility index (Phi) is 4.77. The third-order valence-electron chi connectivity index (χ3n) is 3.05. The number of carboxylic acid groups (broad SMARTS) is 1. The van der Waals surface area contributed by atoms with E-state index in [2.05, 4.69) is 10.3 Å². The van der Waals surface area contributed by atoms with Gasteiger partial charge in [-0.2, -0.15) is 0 Å². The number of aryl methyl sites for hydroxylation is 1. The molecule has 1 unspecified atom stereocenters. The number of ether oxygens (including phenoxy) is 1. The van der Waals surface area contributed by atoms with Crippen LogP contribution >= 0.6 is 11.3 Å². The van der Waals surface area contributed by atoms with Gasteiger partial charge in [-0.25, -0.2) is 9.78 Å². The number of nitrogens with zero attached hydrogens (tertiary/aromatic N) is 1. The Balaban J connectivity index is 2.15. The summed E-state index contributed by atoms with van der Waals surface area (Å²) >= 11 is 1.04. The molecule has 1 atom stereocenters. The smallest absolute Gasteiger partial charge is 0.347 e. The molecule has 0 aliphatic heterocycles. The maximum Gasteiger partial charge on any atom is 0.347 e. The molecule has 0 fully saturated rings. The van der Waals surface area contributed by atoms with Crippen LogP contribution in [0.15, 0.2) is 24.4 Å². The highest BCUT2D eigenvalue weighted by atomic mass is 32.1. The lowest BCUT2D eigenvalue weighted by molar-refractivity contribution is 0.0701. The van der Waals surface area contributed by atoms with Gasteiger partial charge in [-0.3, -0.25) is 4.79 Å². The molecule has 22 heavy (non-hydrogen) atoms. The van der Waals surface area contributed by atoms with Gasteiger partial charge in [-0.05, 0) is 31.5 Å². The standard InChI is InChI=1S/C15H16N2O4S/c1-8-4-5-10(11(6-8)21-3)13(18)17-9(2)14-16-7-12(22-14)15(19)20/h4-7,9H,1-3H3,(H,17,18)(H,19,20). The van der Waals surface area contributed by atoms with Gasteiger partial charge in [0.05, 0.1) is 24.9 Å².